The minimum atomic E-state index is -1.15. The van der Waals surface area contributed by atoms with Crippen LogP contribution in [0.15, 0.2) is 30.3 Å². The first-order valence-electron chi connectivity index (χ1n) is 3.57. The van der Waals surface area contributed by atoms with E-state index in [0.717, 1.165) is 5.56 Å². The second kappa shape index (κ2) is 3.90. The summed E-state index contributed by atoms with van der Waals surface area (Å²) in [6.45, 7) is 0. The fourth-order valence-electron chi connectivity index (χ4n) is 0.956. The zero-order chi connectivity index (χ0) is 9.03. The smallest absolute Gasteiger partial charge is 0.275 e. The van der Waals surface area contributed by atoms with Crippen molar-refractivity contribution in [1.29, 1.82) is 0 Å². The summed E-state index contributed by atoms with van der Waals surface area (Å²) in [5.74, 6) is 0. The van der Waals surface area contributed by atoms with E-state index in [4.69, 9.17) is 21.1 Å². The molecule has 0 aliphatic rings. The number of halogens is 1. The van der Waals surface area contributed by atoms with Crippen molar-refractivity contribution in [2.45, 2.75) is 5.25 Å². The first kappa shape index (κ1) is 9.52. The van der Waals surface area contributed by atoms with Gasteiger partial charge in [0.2, 0.25) is 0 Å². The molecule has 0 unspecified atom stereocenters. The highest BCUT2D eigenvalue weighted by Crippen LogP contribution is 2.29. The van der Waals surface area contributed by atoms with E-state index in [9.17, 15) is 0 Å². The SMILES string of the molecule is COC(Cl)(OC)c1ccccc1. The lowest BCUT2D eigenvalue weighted by Crippen LogP contribution is -2.23. The van der Waals surface area contributed by atoms with Gasteiger partial charge in [0.25, 0.3) is 5.25 Å². The Balaban J connectivity index is 2.95. The lowest BCUT2D eigenvalue weighted by Gasteiger charge is -2.23. The summed E-state index contributed by atoms with van der Waals surface area (Å²) < 4.78 is 10.0. The number of rotatable bonds is 3. The molecular formula is C9H11ClO2. The first-order valence-corrected chi connectivity index (χ1v) is 3.95. The molecule has 1 aromatic rings. The van der Waals surface area contributed by atoms with E-state index < -0.39 is 5.25 Å². The third kappa shape index (κ3) is 1.78. The van der Waals surface area contributed by atoms with Crippen molar-refractivity contribution in [1.82, 2.24) is 0 Å². The second-order valence-electron chi connectivity index (χ2n) is 2.31. The fraction of sp³-hybridized carbons (Fsp3) is 0.333. The van der Waals surface area contributed by atoms with Crippen molar-refractivity contribution in [3.8, 4) is 0 Å². The van der Waals surface area contributed by atoms with E-state index in [1.54, 1.807) is 0 Å². The lowest BCUT2D eigenvalue weighted by molar-refractivity contribution is -0.147. The standard InChI is InChI=1S/C9H11ClO2/c1-11-9(10,12-2)8-6-4-3-5-7-8/h3-7H,1-2H3. The predicted octanol–water partition coefficient (Wildman–Crippen LogP) is 2.33. The molecule has 2 nitrogen and oxygen atoms in total. The van der Waals surface area contributed by atoms with E-state index in [1.165, 1.54) is 14.2 Å². The van der Waals surface area contributed by atoms with Crippen molar-refractivity contribution >= 4 is 11.6 Å². The van der Waals surface area contributed by atoms with E-state index in [0.29, 0.717) is 0 Å². The molecule has 0 amide bonds. The van der Waals surface area contributed by atoms with E-state index >= 15 is 0 Å². The minimum absolute atomic E-state index is 0.789. The average Bonchev–Trinajstić information content (AvgIpc) is 2.18. The molecule has 3 heteroatoms. The van der Waals surface area contributed by atoms with Gasteiger partial charge < -0.3 is 9.47 Å². The summed E-state index contributed by atoms with van der Waals surface area (Å²) in [5, 5.41) is -1.15. The summed E-state index contributed by atoms with van der Waals surface area (Å²) >= 11 is 5.99. The van der Waals surface area contributed by atoms with Crippen LogP contribution in [-0.2, 0) is 14.7 Å². The Morgan fingerprint density at radius 2 is 1.58 bits per heavy atom. The summed E-state index contributed by atoms with van der Waals surface area (Å²) in [7, 11) is 3.01. The van der Waals surface area contributed by atoms with Crippen LogP contribution in [-0.4, -0.2) is 14.2 Å². The van der Waals surface area contributed by atoms with Crippen LogP contribution in [0.2, 0.25) is 0 Å². The molecule has 0 spiro atoms. The molecule has 0 fully saturated rings. The van der Waals surface area contributed by atoms with Crippen LogP contribution in [0.5, 0.6) is 0 Å². The maximum Gasteiger partial charge on any atom is 0.275 e. The molecule has 0 saturated heterocycles. The lowest BCUT2D eigenvalue weighted by atomic mass is 10.2. The maximum absolute atomic E-state index is 5.99. The Hall–Kier alpha value is -0.570. The monoisotopic (exact) mass is 186 g/mol. The van der Waals surface area contributed by atoms with Crippen LogP contribution < -0.4 is 0 Å². The highest BCUT2D eigenvalue weighted by Gasteiger charge is 2.28. The second-order valence-corrected chi connectivity index (χ2v) is 2.81. The largest absolute Gasteiger partial charge is 0.337 e. The van der Waals surface area contributed by atoms with E-state index in [2.05, 4.69) is 0 Å². The molecule has 0 aliphatic carbocycles. The molecule has 0 heterocycles. The number of hydrogen-bond acceptors (Lipinski definition) is 2. The van der Waals surface area contributed by atoms with Crippen molar-refractivity contribution in [2.24, 2.45) is 0 Å². The average molecular weight is 187 g/mol. The molecule has 0 radical (unpaired) electrons. The van der Waals surface area contributed by atoms with Crippen molar-refractivity contribution < 1.29 is 9.47 Å². The molecule has 12 heavy (non-hydrogen) atoms. The van der Waals surface area contributed by atoms with Gasteiger partial charge in [-0.3, -0.25) is 0 Å². The molecule has 1 rings (SSSR count). The highest BCUT2D eigenvalue weighted by atomic mass is 35.5. The van der Waals surface area contributed by atoms with Gasteiger partial charge in [-0.25, -0.2) is 0 Å². The number of benzene rings is 1. The summed E-state index contributed by atoms with van der Waals surface area (Å²) in [6, 6.07) is 9.36. The van der Waals surface area contributed by atoms with Crippen molar-refractivity contribution in [3.63, 3.8) is 0 Å². The molecule has 0 saturated carbocycles. The minimum Gasteiger partial charge on any atom is -0.337 e. The predicted molar refractivity (Wildman–Crippen MR) is 48.0 cm³/mol. The van der Waals surface area contributed by atoms with Gasteiger partial charge >= 0.3 is 0 Å². The van der Waals surface area contributed by atoms with Gasteiger partial charge in [0, 0.05) is 19.8 Å². The first-order chi connectivity index (χ1) is 5.73. The van der Waals surface area contributed by atoms with Crippen molar-refractivity contribution in [3.05, 3.63) is 35.9 Å². The van der Waals surface area contributed by atoms with Gasteiger partial charge in [0.15, 0.2) is 0 Å². The van der Waals surface area contributed by atoms with Crippen LogP contribution in [0.4, 0.5) is 0 Å². The third-order valence-electron chi connectivity index (χ3n) is 1.64. The van der Waals surface area contributed by atoms with Gasteiger partial charge in [-0.1, -0.05) is 41.9 Å². The van der Waals surface area contributed by atoms with Crippen LogP contribution in [0.25, 0.3) is 0 Å². The van der Waals surface area contributed by atoms with Crippen molar-refractivity contribution in [2.75, 3.05) is 14.2 Å². The molecule has 0 atom stereocenters. The van der Waals surface area contributed by atoms with Crippen LogP contribution in [0.1, 0.15) is 5.56 Å². The quantitative estimate of drug-likeness (QED) is 0.533. The van der Waals surface area contributed by atoms with Gasteiger partial charge in [0.05, 0.1) is 0 Å². The Kier molecular flexibility index (Phi) is 3.09. The van der Waals surface area contributed by atoms with Gasteiger partial charge in [0.1, 0.15) is 0 Å². The molecule has 0 aliphatic heterocycles. The normalized spacial score (nSPS) is 11.6. The number of methoxy groups -OCH3 is 2. The molecular weight excluding hydrogens is 176 g/mol. The van der Waals surface area contributed by atoms with Crippen LogP contribution in [0, 0.1) is 0 Å². The summed E-state index contributed by atoms with van der Waals surface area (Å²) in [5.41, 5.74) is 0.789. The van der Waals surface area contributed by atoms with Gasteiger partial charge in [-0.05, 0) is 0 Å². The van der Waals surface area contributed by atoms with E-state index in [-0.39, 0.29) is 0 Å². The van der Waals surface area contributed by atoms with Gasteiger partial charge in [-0.15, -0.1) is 0 Å². The Labute approximate surface area is 77.1 Å². The van der Waals surface area contributed by atoms with E-state index in [1.807, 2.05) is 30.3 Å². The third-order valence-corrected chi connectivity index (χ3v) is 2.17. The molecule has 0 bridgehead atoms. The Morgan fingerprint density at radius 1 is 1.08 bits per heavy atom. The molecule has 0 N–H and O–H groups in total. The van der Waals surface area contributed by atoms with Gasteiger partial charge in [-0.2, -0.15) is 0 Å². The van der Waals surface area contributed by atoms with Crippen LogP contribution in [0.3, 0.4) is 0 Å². The Morgan fingerprint density at radius 3 is 2.00 bits per heavy atom. The molecule has 66 valence electrons. The Bertz CT molecular complexity index is 232. The number of alkyl halides is 1. The highest BCUT2D eigenvalue weighted by molar-refractivity contribution is 6.22. The summed E-state index contributed by atoms with van der Waals surface area (Å²) in [6.07, 6.45) is 0. The number of hydrogen-bond donors (Lipinski definition) is 0. The zero-order valence-electron chi connectivity index (χ0n) is 7.08. The fourth-order valence-corrected chi connectivity index (χ4v) is 1.08. The topological polar surface area (TPSA) is 18.5 Å². The van der Waals surface area contributed by atoms with Crippen LogP contribution >= 0.6 is 11.6 Å². The zero-order valence-corrected chi connectivity index (χ0v) is 7.84. The number of ether oxygens (including phenoxy) is 2. The molecule has 0 aromatic heterocycles. The summed E-state index contributed by atoms with van der Waals surface area (Å²) in [4.78, 5) is 0. The maximum atomic E-state index is 5.99. The molecule has 1 aromatic carbocycles.